The first-order chi connectivity index (χ1) is 6.58. The van der Waals surface area contributed by atoms with Crippen molar-refractivity contribution < 1.29 is 9.90 Å². The predicted molar refractivity (Wildman–Crippen MR) is 57.8 cm³/mol. The Kier molecular flexibility index (Phi) is 3.71. The van der Waals surface area contributed by atoms with Gasteiger partial charge in [0.15, 0.2) is 0 Å². The van der Waals surface area contributed by atoms with Gasteiger partial charge in [0.05, 0.1) is 0 Å². The second-order valence-electron chi connectivity index (χ2n) is 2.86. The molecular weight excluding hydrogens is 246 g/mol. The number of aliphatic carboxylic acids is 1. The van der Waals surface area contributed by atoms with E-state index in [-0.39, 0.29) is 0 Å². The van der Waals surface area contributed by atoms with Crippen molar-refractivity contribution in [2.45, 2.75) is 6.42 Å². The zero-order valence-electron chi connectivity index (χ0n) is 7.40. The lowest BCUT2D eigenvalue weighted by Gasteiger charge is -2.01. The molecule has 0 spiro atoms. The van der Waals surface area contributed by atoms with Gasteiger partial charge >= 0.3 is 5.97 Å². The molecule has 0 aliphatic rings. The number of carbonyl (C=O) groups is 1. The Morgan fingerprint density at radius 2 is 2.29 bits per heavy atom. The van der Waals surface area contributed by atoms with Crippen molar-refractivity contribution in [1.29, 1.82) is 0 Å². The summed E-state index contributed by atoms with van der Waals surface area (Å²) in [7, 11) is 0. The van der Waals surface area contributed by atoms with Crippen LogP contribution in [0.15, 0.2) is 40.5 Å². The van der Waals surface area contributed by atoms with Gasteiger partial charge in [-0.3, -0.25) is 0 Å². The largest absolute Gasteiger partial charge is 0.478 e. The first-order valence-corrected chi connectivity index (χ1v) is 4.80. The molecule has 4 heteroatoms. The van der Waals surface area contributed by atoms with Crippen LogP contribution in [-0.4, -0.2) is 11.1 Å². The van der Waals surface area contributed by atoms with E-state index < -0.39 is 5.97 Å². The summed E-state index contributed by atoms with van der Waals surface area (Å²) in [4.78, 5) is 10.3. The number of hydrogen-bond acceptors (Lipinski definition) is 2. The minimum atomic E-state index is -1.02. The zero-order valence-corrected chi connectivity index (χ0v) is 8.99. The first-order valence-electron chi connectivity index (χ1n) is 4.01. The van der Waals surface area contributed by atoms with Gasteiger partial charge in [0.2, 0.25) is 0 Å². The summed E-state index contributed by atoms with van der Waals surface area (Å²) in [5, 5.41) is 8.45. The lowest BCUT2D eigenvalue weighted by molar-refractivity contribution is -0.131. The lowest BCUT2D eigenvalue weighted by Crippen LogP contribution is -2.04. The molecular formula is C10H10BrNO2. The van der Waals surface area contributed by atoms with Crippen molar-refractivity contribution >= 4 is 21.9 Å². The average Bonchev–Trinajstić information content (AvgIpc) is 2.01. The summed E-state index contributed by atoms with van der Waals surface area (Å²) in [6, 6.07) is 7.59. The van der Waals surface area contributed by atoms with E-state index in [2.05, 4.69) is 15.9 Å². The average molecular weight is 256 g/mol. The van der Waals surface area contributed by atoms with Gasteiger partial charge in [-0.1, -0.05) is 28.1 Å². The third-order valence-electron chi connectivity index (χ3n) is 1.61. The van der Waals surface area contributed by atoms with E-state index in [0.29, 0.717) is 12.1 Å². The molecule has 0 atom stereocenters. The molecule has 0 heterocycles. The van der Waals surface area contributed by atoms with Gasteiger partial charge in [0, 0.05) is 22.7 Å². The van der Waals surface area contributed by atoms with Crippen molar-refractivity contribution in [1.82, 2.24) is 0 Å². The van der Waals surface area contributed by atoms with Gasteiger partial charge < -0.3 is 10.8 Å². The molecule has 74 valence electrons. The Morgan fingerprint density at radius 1 is 1.57 bits per heavy atom. The molecule has 0 aromatic heterocycles. The highest BCUT2D eigenvalue weighted by molar-refractivity contribution is 9.10. The van der Waals surface area contributed by atoms with Crippen molar-refractivity contribution in [2.75, 3.05) is 0 Å². The minimum absolute atomic E-state index is 0.343. The van der Waals surface area contributed by atoms with Gasteiger partial charge in [0.25, 0.3) is 0 Å². The number of halogens is 1. The highest BCUT2D eigenvalue weighted by Gasteiger charge is 1.98. The van der Waals surface area contributed by atoms with Crippen LogP contribution in [0.5, 0.6) is 0 Å². The fourth-order valence-corrected chi connectivity index (χ4v) is 1.54. The van der Waals surface area contributed by atoms with Crippen LogP contribution < -0.4 is 5.73 Å². The zero-order chi connectivity index (χ0) is 10.6. The number of nitrogens with two attached hydrogens (primary N) is 1. The Bertz CT molecular complexity index is 374. The third-order valence-corrected chi connectivity index (χ3v) is 2.10. The van der Waals surface area contributed by atoms with Crippen LogP contribution in [0.4, 0.5) is 0 Å². The fraction of sp³-hybridized carbons (Fsp3) is 0.100. The van der Waals surface area contributed by atoms with Gasteiger partial charge in [-0.2, -0.15) is 0 Å². The van der Waals surface area contributed by atoms with Crippen LogP contribution in [0.25, 0.3) is 0 Å². The van der Waals surface area contributed by atoms with Crippen LogP contribution in [0.3, 0.4) is 0 Å². The molecule has 1 rings (SSSR count). The summed E-state index contributed by atoms with van der Waals surface area (Å²) in [6.45, 7) is 0. The van der Waals surface area contributed by atoms with Gasteiger partial charge in [-0.25, -0.2) is 4.79 Å². The summed E-state index contributed by atoms with van der Waals surface area (Å²) >= 11 is 3.33. The molecule has 0 bridgehead atoms. The molecule has 14 heavy (non-hydrogen) atoms. The number of rotatable bonds is 3. The lowest BCUT2D eigenvalue weighted by atomic mass is 10.1. The van der Waals surface area contributed by atoms with Gasteiger partial charge in [0.1, 0.15) is 0 Å². The second kappa shape index (κ2) is 4.81. The predicted octanol–water partition coefficient (Wildman–Crippen LogP) is 1.92. The monoisotopic (exact) mass is 255 g/mol. The molecule has 0 fully saturated rings. The Labute approximate surface area is 90.4 Å². The quantitative estimate of drug-likeness (QED) is 0.812. The van der Waals surface area contributed by atoms with E-state index in [4.69, 9.17) is 10.8 Å². The van der Waals surface area contributed by atoms with Crippen LogP contribution in [-0.2, 0) is 11.2 Å². The molecule has 1 aromatic rings. The molecule has 0 unspecified atom stereocenters. The number of allylic oxidation sites excluding steroid dienone is 1. The maximum atomic E-state index is 10.3. The van der Waals surface area contributed by atoms with Crippen LogP contribution >= 0.6 is 15.9 Å². The Hall–Kier alpha value is -1.29. The van der Waals surface area contributed by atoms with E-state index in [1.54, 1.807) is 0 Å². The fourth-order valence-electron chi connectivity index (χ4n) is 1.09. The molecule has 1 aromatic carbocycles. The third kappa shape index (κ3) is 3.62. The molecule has 0 amide bonds. The van der Waals surface area contributed by atoms with E-state index in [1.807, 2.05) is 24.3 Å². The van der Waals surface area contributed by atoms with E-state index in [0.717, 1.165) is 16.1 Å². The van der Waals surface area contributed by atoms with Crippen molar-refractivity contribution in [3.05, 3.63) is 46.1 Å². The number of hydrogen-bond donors (Lipinski definition) is 2. The van der Waals surface area contributed by atoms with Gasteiger partial charge in [-0.05, 0) is 17.7 Å². The van der Waals surface area contributed by atoms with Gasteiger partial charge in [-0.15, -0.1) is 0 Å². The van der Waals surface area contributed by atoms with E-state index in [1.165, 1.54) is 0 Å². The summed E-state index contributed by atoms with van der Waals surface area (Å²) in [6.07, 6.45) is 1.46. The maximum Gasteiger partial charge on any atom is 0.330 e. The van der Waals surface area contributed by atoms with E-state index in [9.17, 15) is 4.79 Å². The Morgan fingerprint density at radius 3 is 2.86 bits per heavy atom. The number of carboxylic acids is 1. The van der Waals surface area contributed by atoms with Crippen molar-refractivity contribution in [2.24, 2.45) is 5.73 Å². The molecule has 0 radical (unpaired) electrons. The minimum Gasteiger partial charge on any atom is -0.478 e. The highest BCUT2D eigenvalue weighted by Crippen LogP contribution is 2.13. The summed E-state index contributed by atoms with van der Waals surface area (Å²) in [5.74, 6) is -1.02. The topological polar surface area (TPSA) is 63.3 Å². The maximum absolute atomic E-state index is 10.3. The summed E-state index contributed by atoms with van der Waals surface area (Å²) < 4.78 is 0.957. The SMILES string of the molecule is N/C(=C\C(=O)O)Cc1cccc(Br)c1. The number of carboxylic acid groups (broad SMARTS) is 1. The van der Waals surface area contributed by atoms with Crippen molar-refractivity contribution in [3.63, 3.8) is 0 Å². The standard InChI is InChI=1S/C10H10BrNO2/c11-8-3-1-2-7(4-8)5-9(12)6-10(13)14/h1-4,6H,5,12H2,(H,13,14)/b9-6-. The van der Waals surface area contributed by atoms with Crippen molar-refractivity contribution in [3.8, 4) is 0 Å². The summed E-state index contributed by atoms with van der Waals surface area (Å²) in [5.41, 5.74) is 6.85. The second-order valence-corrected chi connectivity index (χ2v) is 3.78. The normalized spacial score (nSPS) is 11.4. The van der Waals surface area contributed by atoms with Crippen LogP contribution in [0.2, 0.25) is 0 Å². The molecule has 3 N–H and O–H groups in total. The van der Waals surface area contributed by atoms with Crippen LogP contribution in [0.1, 0.15) is 5.56 Å². The molecule has 0 saturated heterocycles. The smallest absolute Gasteiger partial charge is 0.330 e. The first kappa shape index (κ1) is 10.8. The van der Waals surface area contributed by atoms with Crippen LogP contribution in [0, 0.1) is 0 Å². The van der Waals surface area contributed by atoms with E-state index >= 15 is 0 Å². The Balaban J connectivity index is 2.74. The molecule has 3 nitrogen and oxygen atoms in total. The molecule has 0 saturated carbocycles. The highest BCUT2D eigenvalue weighted by atomic mass is 79.9. The molecule has 0 aliphatic heterocycles. The number of benzene rings is 1. The molecule has 0 aliphatic carbocycles.